The van der Waals surface area contributed by atoms with Crippen molar-refractivity contribution < 1.29 is 4.74 Å². The monoisotopic (exact) mass is 225 g/mol. The van der Waals surface area contributed by atoms with Crippen LogP contribution in [0.25, 0.3) is 0 Å². The molecule has 2 nitrogen and oxygen atoms in total. The molecule has 1 aliphatic rings. The third-order valence-electron chi connectivity index (χ3n) is 2.82. The predicted octanol–water partition coefficient (Wildman–Crippen LogP) is 2.67. The molecule has 0 radical (unpaired) electrons. The molecule has 0 aromatic carbocycles. The Kier molecular flexibility index (Phi) is 3.78. The second-order valence-corrected chi connectivity index (χ2v) is 5.45. The van der Waals surface area contributed by atoms with Crippen LogP contribution in [0.4, 0.5) is 0 Å². The zero-order valence-electron chi connectivity index (χ0n) is 9.51. The first-order valence-corrected chi connectivity index (χ1v) is 6.48. The first kappa shape index (κ1) is 11.1. The molecule has 0 amide bonds. The summed E-state index contributed by atoms with van der Waals surface area (Å²) in [5, 5.41) is 3.22. The molecule has 84 valence electrons. The van der Waals surface area contributed by atoms with Gasteiger partial charge in [-0.2, -0.15) is 0 Å². The Bertz CT molecular complexity index is 321. The summed E-state index contributed by atoms with van der Waals surface area (Å²) in [6.45, 7) is 4.01. The Morgan fingerprint density at radius 1 is 1.53 bits per heavy atom. The number of aryl methyl sites for hydroxylation is 2. The molecule has 1 N–H and O–H groups in total. The van der Waals surface area contributed by atoms with Crippen molar-refractivity contribution in [2.24, 2.45) is 0 Å². The van der Waals surface area contributed by atoms with Crippen LogP contribution in [0.1, 0.15) is 34.3 Å². The fourth-order valence-electron chi connectivity index (χ4n) is 2.11. The van der Waals surface area contributed by atoms with E-state index in [2.05, 4.69) is 18.3 Å². The van der Waals surface area contributed by atoms with E-state index in [1.165, 1.54) is 34.6 Å². The van der Waals surface area contributed by atoms with E-state index in [0.717, 1.165) is 13.2 Å². The minimum Gasteiger partial charge on any atom is -0.372 e. The lowest BCUT2D eigenvalue weighted by Crippen LogP contribution is -2.21. The van der Waals surface area contributed by atoms with Crippen LogP contribution >= 0.6 is 11.3 Å². The van der Waals surface area contributed by atoms with Crippen LogP contribution in [0.2, 0.25) is 0 Å². The molecule has 2 heterocycles. The molecule has 0 saturated heterocycles. The van der Waals surface area contributed by atoms with Gasteiger partial charge in [0.2, 0.25) is 0 Å². The van der Waals surface area contributed by atoms with Gasteiger partial charge in [0, 0.05) is 22.9 Å². The molecule has 0 bridgehead atoms. The van der Waals surface area contributed by atoms with Crippen LogP contribution in [0.5, 0.6) is 0 Å². The molecule has 2 rings (SSSR count). The molecule has 0 fully saturated rings. The van der Waals surface area contributed by atoms with E-state index in [1.54, 1.807) is 0 Å². The molecule has 1 aromatic rings. The van der Waals surface area contributed by atoms with E-state index in [4.69, 9.17) is 4.74 Å². The van der Waals surface area contributed by atoms with Crippen molar-refractivity contribution in [3.05, 3.63) is 21.4 Å². The average Bonchev–Trinajstić information content (AvgIpc) is 2.54. The lowest BCUT2D eigenvalue weighted by molar-refractivity contribution is 0.0483. The number of nitrogens with one attached hydrogen (secondary N) is 1. The summed E-state index contributed by atoms with van der Waals surface area (Å²) in [5.41, 5.74) is 1.42. The largest absolute Gasteiger partial charge is 0.372 e. The Morgan fingerprint density at radius 2 is 2.40 bits per heavy atom. The zero-order chi connectivity index (χ0) is 10.7. The highest BCUT2D eigenvalue weighted by molar-refractivity contribution is 7.12. The molecule has 1 aromatic heterocycles. The number of hydrogen-bond donors (Lipinski definition) is 1. The fraction of sp³-hybridized carbons (Fsp3) is 0.667. The number of likely N-dealkylation sites (N-methyl/N-ethyl adjacent to an activating group) is 1. The molecule has 0 aliphatic carbocycles. The first-order chi connectivity index (χ1) is 7.31. The number of hydrogen-bond acceptors (Lipinski definition) is 3. The number of thiophene rings is 1. The summed E-state index contributed by atoms with van der Waals surface area (Å²) >= 11 is 1.93. The lowest BCUT2D eigenvalue weighted by Gasteiger charge is -2.21. The Labute approximate surface area is 95.6 Å². The van der Waals surface area contributed by atoms with Gasteiger partial charge in [-0.15, -0.1) is 11.3 Å². The third-order valence-corrected chi connectivity index (χ3v) is 3.94. The molecule has 0 spiro atoms. The van der Waals surface area contributed by atoms with Crippen LogP contribution < -0.4 is 5.32 Å². The third kappa shape index (κ3) is 2.60. The summed E-state index contributed by atoms with van der Waals surface area (Å²) < 4.78 is 5.91. The molecular formula is C12H19NOS. The van der Waals surface area contributed by atoms with Gasteiger partial charge >= 0.3 is 0 Å². The van der Waals surface area contributed by atoms with E-state index < -0.39 is 0 Å². The molecule has 1 aliphatic heterocycles. The standard InChI is InChI=1S/C12H19NOS/c1-9-7-10-11(8-13-2)14-6-4-3-5-12(10)15-9/h7,11,13H,3-6,8H2,1-2H3. The van der Waals surface area contributed by atoms with E-state index in [0.29, 0.717) is 0 Å². The van der Waals surface area contributed by atoms with Gasteiger partial charge in [0.25, 0.3) is 0 Å². The maximum Gasteiger partial charge on any atom is 0.0959 e. The maximum atomic E-state index is 5.91. The van der Waals surface area contributed by atoms with Crippen LogP contribution in [-0.4, -0.2) is 20.2 Å². The van der Waals surface area contributed by atoms with Crippen LogP contribution in [0.3, 0.4) is 0 Å². The smallest absolute Gasteiger partial charge is 0.0959 e. The van der Waals surface area contributed by atoms with Crippen molar-refractivity contribution in [3.63, 3.8) is 0 Å². The normalized spacial score (nSPS) is 21.9. The highest BCUT2D eigenvalue weighted by Crippen LogP contribution is 2.32. The Hall–Kier alpha value is -0.380. The molecule has 1 unspecified atom stereocenters. The van der Waals surface area contributed by atoms with Gasteiger partial charge in [0.15, 0.2) is 0 Å². The first-order valence-electron chi connectivity index (χ1n) is 5.66. The van der Waals surface area contributed by atoms with Gasteiger partial charge in [-0.05, 0) is 44.9 Å². The van der Waals surface area contributed by atoms with Gasteiger partial charge in [0.1, 0.15) is 0 Å². The second kappa shape index (κ2) is 5.10. The molecule has 3 heteroatoms. The Balaban J connectivity index is 2.25. The van der Waals surface area contributed by atoms with Crippen molar-refractivity contribution in [1.82, 2.24) is 5.32 Å². The van der Waals surface area contributed by atoms with Crippen LogP contribution in [0.15, 0.2) is 6.07 Å². The SMILES string of the molecule is CNCC1OCCCCc2sc(C)cc21. The van der Waals surface area contributed by atoms with Crippen molar-refractivity contribution >= 4 is 11.3 Å². The van der Waals surface area contributed by atoms with Gasteiger partial charge in [0.05, 0.1) is 6.10 Å². The summed E-state index contributed by atoms with van der Waals surface area (Å²) in [6, 6.07) is 2.30. The minimum atomic E-state index is 0.259. The van der Waals surface area contributed by atoms with E-state index in [1.807, 2.05) is 18.4 Å². The summed E-state index contributed by atoms with van der Waals surface area (Å²) in [6.07, 6.45) is 3.95. The van der Waals surface area contributed by atoms with Crippen LogP contribution in [-0.2, 0) is 11.2 Å². The molecule has 15 heavy (non-hydrogen) atoms. The summed E-state index contributed by atoms with van der Waals surface area (Å²) in [7, 11) is 1.99. The Morgan fingerprint density at radius 3 is 3.20 bits per heavy atom. The summed E-state index contributed by atoms with van der Waals surface area (Å²) in [5.74, 6) is 0. The predicted molar refractivity (Wildman–Crippen MR) is 64.6 cm³/mol. The van der Waals surface area contributed by atoms with Gasteiger partial charge < -0.3 is 10.1 Å². The molecule has 0 saturated carbocycles. The summed E-state index contributed by atoms with van der Waals surface area (Å²) in [4.78, 5) is 2.94. The van der Waals surface area contributed by atoms with Crippen LogP contribution in [0, 0.1) is 6.92 Å². The minimum absolute atomic E-state index is 0.259. The molecular weight excluding hydrogens is 206 g/mol. The number of ether oxygens (including phenoxy) is 1. The second-order valence-electron chi connectivity index (χ2n) is 4.11. The van der Waals surface area contributed by atoms with Crippen molar-refractivity contribution in [1.29, 1.82) is 0 Å². The number of fused-ring (bicyclic) bond motifs is 1. The number of rotatable bonds is 2. The topological polar surface area (TPSA) is 21.3 Å². The fourth-order valence-corrected chi connectivity index (χ4v) is 3.24. The van der Waals surface area contributed by atoms with E-state index in [9.17, 15) is 0 Å². The maximum absolute atomic E-state index is 5.91. The van der Waals surface area contributed by atoms with E-state index >= 15 is 0 Å². The van der Waals surface area contributed by atoms with E-state index in [-0.39, 0.29) is 6.10 Å². The highest BCUT2D eigenvalue weighted by atomic mass is 32.1. The van der Waals surface area contributed by atoms with Gasteiger partial charge in [-0.3, -0.25) is 0 Å². The van der Waals surface area contributed by atoms with Crippen molar-refractivity contribution in [2.45, 2.75) is 32.3 Å². The zero-order valence-corrected chi connectivity index (χ0v) is 10.3. The highest BCUT2D eigenvalue weighted by Gasteiger charge is 2.19. The average molecular weight is 225 g/mol. The van der Waals surface area contributed by atoms with Gasteiger partial charge in [-0.25, -0.2) is 0 Å². The lowest BCUT2D eigenvalue weighted by atomic mass is 10.0. The van der Waals surface area contributed by atoms with Gasteiger partial charge in [-0.1, -0.05) is 0 Å². The van der Waals surface area contributed by atoms with Crippen molar-refractivity contribution in [3.8, 4) is 0 Å². The van der Waals surface area contributed by atoms with Crippen molar-refractivity contribution in [2.75, 3.05) is 20.2 Å². The quantitative estimate of drug-likeness (QED) is 0.835. The molecule has 1 atom stereocenters.